The highest BCUT2D eigenvalue weighted by atomic mass is 15.4. The lowest BCUT2D eigenvalue weighted by Crippen LogP contribution is -2.04. The van der Waals surface area contributed by atoms with Gasteiger partial charge in [-0.25, -0.2) is 4.68 Å². The van der Waals surface area contributed by atoms with E-state index in [1.165, 1.54) is 5.56 Å². The average Bonchev–Trinajstić information content (AvgIpc) is 2.97. The maximum atomic E-state index is 5.84. The van der Waals surface area contributed by atoms with E-state index in [9.17, 15) is 0 Å². The average molecular weight is 278 g/mol. The van der Waals surface area contributed by atoms with E-state index in [-0.39, 0.29) is 0 Å². The molecule has 0 spiro atoms. The summed E-state index contributed by atoms with van der Waals surface area (Å²) in [6.07, 6.45) is 3.86. The molecule has 0 amide bonds. The van der Waals surface area contributed by atoms with Crippen LogP contribution in [0.4, 0.5) is 5.69 Å². The Labute approximate surface area is 124 Å². The van der Waals surface area contributed by atoms with E-state index in [0.29, 0.717) is 0 Å². The molecular weight excluding hydrogens is 260 g/mol. The second-order valence-electron chi connectivity index (χ2n) is 5.06. The molecule has 0 fully saturated rings. The molecule has 0 saturated carbocycles. The van der Waals surface area contributed by atoms with Crippen molar-refractivity contribution in [2.24, 2.45) is 0 Å². The molecule has 21 heavy (non-hydrogen) atoms. The van der Waals surface area contributed by atoms with Crippen molar-refractivity contribution in [3.8, 4) is 11.3 Å². The quantitative estimate of drug-likeness (QED) is 0.729. The van der Waals surface area contributed by atoms with E-state index in [1.54, 1.807) is 6.20 Å². The number of nitrogens with zero attached hydrogens (tertiary/aromatic N) is 3. The molecule has 3 aromatic rings. The van der Waals surface area contributed by atoms with E-state index in [0.717, 1.165) is 36.3 Å². The number of aromatic nitrogens is 3. The van der Waals surface area contributed by atoms with Gasteiger partial charge in [-0.05, 0) is 30.5 Å². The monoisotopic (exact) mass is 278 g/mol. The maximum absolute atomic E-state index is 5.84. The first-order chi connectivity index (χ1) is 10.3. The van der Waals surface area contributed by atoms with Crippen molar-refractivity contribution in [2.75, 3.05) is 5.73 Å². The van der Waals surface area contributed by atoms with Crippen molar-refractivity contribution >= 4 is 5.69 Å². The van der Waals surface area contributed by atoms with Crippen LogP contribution >= 0.6 is 0 Å². The Kier molecular flexibility index (Phi) is 3.96. The lowest BCUT2D eigenvalue weighted by Gasteiger charge is -2.07. The minimum Gasteiger partial charge on any atom is -0.399 e. The minimum absolute atomic E-state index is 0.754. The van der Waals surface area contributed by atoms with Gasteiger partial charge in [-0.2, -0.15) is 0 Å². The third-order valence-corrected chi connectivity index (χ3v) is 3.48. The minimum atomic E-state index is 0.754. The highest BCUT2D eigenvalue weighted by molar-refractivity contribution is 5.63. The highest BCUT2D eigenvalue weighted by Crippen LogP contribution is 2.20. The molecule has 1 aromatic heterocycles. The first-order valence-corrected chi connectivity index (χ1v) is 7.11. The van der Waals surface area contributed by atoms with Gasteiger partial charge in [-0.15, -0.1) is 5.10 Å². The highest BCUT2D eigenvalue weighted by Gasteiger charge is 2.06. The summed E-state index contributed by atoms with van der Waals surface area (Å²) in [5.74, 6) is 0. The smallest absolute Gasteiger partial charge is 0.0886 e. The van der Waals surface area contributed by atoms with E-state index in [2.05, 4.69) is 34.6 Å². The summed E-state index contributed by atoms with van der Waals surface area (Å²) >= 11 is 0. The standard InChI is InChI=1S/C17H18N4/c18-16-10-4-9-15(12-16)17-13-19-20-21(17)11-5-8-14-6-2-1-3-7-14/h1-4,6-7,9-10,12-13H,5,8,11,18H2. The Morgan fingerprint density at radius 2 is 1.86 bits per heavy atom. The van der Waals surface area contributed by atoms with Gasteiger partial charge in [0.2, 0.25) is 0 Å². The molecule has 106 valence electrons. The van der Waals surface area contributed by atoms with Gasteiger partial charge in [0.1, 0.15) is 0 Å². The molecule has 0 saturated heterocycles. The van der Waals surface area contributed by atoms with Gasteiger partial charge in [0.05, 0.1) is 11.9 Å². The van der Waals surface area contributed by atoms with Gasteiger partial charge in [-0.3, -0.25) is 0 Å². The largest absolute Gasteiger partial charge is 0.399 e. The van der Waals surface area contributed by atoms with Crippen molar-refractivity contribution in [1.29, 1.82) is 0 Å². The second kappa shape index (κ2) is 6.22. The molecular formula is C17H18N4. The number of benzene rings is 2. The van der Waals surface area contributed by atoms with Crippen LogP contribution in [-0.4, -0.2) is 15.0 Å². The Hall–Kier alpha value is -2.62. The zero-order valence-corrected chi connectivity index (χ0v) is 11.8. The van der Waals surface area contributed by atoms with Crippen LogP contribution in [0.15, 0.2) is 60.8 Å². The molecule has 0 aliphatic carbocycles. The number of anilines is 1. The predicted octanol–water partition coefficient (Wildman–Crippen LogP) is 3.16. The number of hydrogen-bond donors (Lipinski definition) is 1. The van der Waals surface area contributed by atoms with Crippen LogP contribution in [0.1, 0.15) is 12.0 Å². The Morgan fingerprint density at radius 1 is 1.00 bits per heavy atom. The molecule has 0 aliphatic rings. The second-order valence-corrected chi connectivity index (χ2v) is 5.06. The molecule has 0 radical (unpaired) electrons. The molecule has 2 N–H and O–H groups in total. The van der Waals surface area contributed by atoms with Gasteiger partial charge in [0, 0.05) is 17.8 Å². The van der Waals surface area contributed by atoms with Gasteiger partial charge < -0.3 is 5.73 Å². The van der Waals surface area contributed by atoms with E-state index in [4.69, 9.17) is 5.73 Å². The molecule has 0 bridgehead atoms. The fraction of sp³-hybridized carbons (Fsp3) is 0.176. The van der Waals surface area contributed by atoms with Crippen LogP contribution in [0.25, 0.3) is 11.3 Å². The van der Waals surface area contributed by atoms with Crippen molar-refractivity contribution in [1.82, 2.24) is 15.0 Å². The summed E-state index contributed by atoms with van der Waals surface area (Å²) < 4.78 is 1.94. The van der Waals surface area contributed by atoms with Gasteiger partial charge >= 0.3 is 0 Å². The Balaban J connectivity index is 1.69. The van der Waals surface area contributed by atoms with Crippen LogP contribution in [-0.2, 0) is 13.0 Å². The van der Waals surface area contributed by atoms with Crippen LogP contribution in [0.2, 0.25) is 0 Å². The van der Waals surface area contributed by atoms with E-state index >= 15 is 0 Å². The third-order valence-electron chi connectivity index (χ3n) is 3.48. The normalized spacial score (nSPS) is 10.7. The lowest BCUT2D eigenvalue weighted by atomic mass is 10.1. The number of aryl methyl sites for hydroxylation is 2. The van der Waals surface area contributed by atoms with Crippen molar-refractivity contribution in [2.45, 2.75) is 19.4 Å². The number of nitrogen functional groups attached to an aromatic ring is 1. The molecule has 3 rings (SSSR count). The summed E-state index contributed by atoms with van der Waals surface area (Å²) in [5, 5.41) is 8.21. The fourth-order valence-electron chi connectivity index (χ4n) is 2.42. The topological polar surface area (TPSA) is 56.7 Å². The zero-order chi connectivity index (χ0) is 14.5. The fourth-order valence-corrected chi connectivity index (χ4v) is 2.42. The van der Waals surface area contributed by atoms with Crippen molar-refractivity contribution in [3.05, 3.63) is 66.4 Å². The van der Waals surface area contributed by atoms with Gasteiger partial charge in [0.25, 0.3) is 0 Å². The SMILES string of the molecule is Nc1cccc(-c2cnnn2CCCc2ccccc2)c1. The van der Waals surface area contributed by atoms with Crippen LogP contribution in [0.3, 0.4) is 0 Å². The van der Waals surface area contributed by atoms with Crippen LogP contribution in [0, 0.1) is 0 Å². The summed E-state index contributed by atoms with van der Waals surface area (Å²) in [6.45, 7) is 0.846. The Morgan fingerprint density at radius 3 is 2.67 bits per heavy atom. The van der Waals surface area contributed by atoms with Crippen molar-refractivity contribution < 1.29 is 0 Å². The number of nitrogens with two attached hydrogens (primary N) is 1. The van der Waals surface area contributed by atoms with Crippen LogP contribution in [0.5, 0.6) is 0 Å². The van der Waals surface area contributed by atoms with E-state index < -0.39 is 0 Å². The Bertz CT molecular complexity index is 704. The summed E-state index contributed by atoms with van der Waals surface area (Å²) in [6, 6.07) is 18.3. The molecule has 0 atom stereocenters. The van der Waals surface area contributed by atoms with Gasteiger partial charge in [-0.1, -0.05) is 47.7 Å². The lowest BCUT2D eigenvalue weighted by molar-refractivity contribution is 0.563. The summed E-state index contributed by atoms with van der Waals surface area (Å²) in [7, 11) is 0. The third kappa shape index (κ3) is 3.28. The van der Waals surface area contributed by atoms with Crippen LogP contribution < -0.4 is 5.73 Å². The first kappa shape index (κ1) is 13.4. The molecule has 2 aromatic carbocycles. The predicted molar refractivity (Wildman–Crippen MR) is 84.6 cm³/mol. The number of hydrogen-bond acceptors (Lipinski definition) is 3. The molecule has 4 heteroatoms. The zero-order valence-electron chi connectivity index (χ0n) is 11.8. The summed E-state index contributed by atoms with van der Waals surface area (Å²) in [4.78, 5) is 0. The van der Waals surface area contributed by atoms with Gasteiger partial charge in [0.15, 0.2) is 0 Å². The molecule has 0 unspecified atom stereocenters. The maximum Gasteiger partial charge on any atom is 0.0886 e. The summed E-state index contributed by atoms with van der Waals surface area (Å²) in [5.41, 5.74) is 10.0. The van der Waals surface area contributed by atoms with Crippen molar-refractivity contribution in [3.63, 3.8) is 0 Å². The molecule has 0 aliphatic heterocycles. The molecule has 1 heterocycles. The van der Waals surface area contributed by atoms with E-state index in [1.807, 2.05) is 35.0 Å². The first-order valence-electron chi connectivity index (χ1n) is 7.11. The molecule has 4 nitrogen and oxygen atoms in total. The number of rotatable bonds is 5.